The molecule has 0 spiro atoms. The van der Waals surface area contributed by atoms with Gasteiger partial charge in [-0.15, -0.1) is 0 Å². The Morgan fingerprint density at radius 3 is 2.24 bits per heavy atom. The summed E-state index contributed by atoms with van der Waals surface area (Å²) in [4.78, 5) is 24.2. The second kappa shape index (κ2) is 9.87. The predicted molar refractivity (Wildman–Crippen MR) is 109 cm³/mol. The Hall–Kier alpha value is -2.99. The summed E-state index contributed by atoms with van der Waals surface area (Å²) in [6.45, 7) is -0.742. The minimum Gasteiger partial charge on any atom is -0.455 e. The van der Waals surface area contributed by atoms with E-state index in [1.54, 1.807) is 0 Å². The van der Waals surface area contributed by atoms with Gasteiger partial charge in [0.05, 0.1) is 22.1 Å². The van der Waals surface area contributed by atoms with Crippen LogP contribution >= 0.6 is 0 Å². The van der Waals surface area contributed by atoms with Crippen molar-refractivity contribution in [3.63, 3.8) is 0 Å². The van der Waals surface area contributed by atoms with Gasteiger partial charge < -0.3 is 10.1 Å². The van der Waals surface area contributed by atoms with Gasteiger partial charge in [-0.1, -0.05) is 12.1 Å². The number of anilines is 1. The van der Waals surface area contributed by atoms with E-state index in [0.717, 1.165) is 36.4 Å². The fraction of sp³-hybridized carbons (Fsp3) is 0.333. The maximum absolute atomic E-state index is 13.0. The van der Waals surface area contributed by atoms with Gasteiger partial charge in [0.2, 0.25) is 10.0 Å². The smallest absolute Gasteiger partial charge is 0.418 e. The summed E-state index contributed by atoms with van der Waals surface area (Å²) in [5.74, 6) is -2.91. The lowest BCUT2D eigenvalue weighted by Gasteiger charge is -2.30. The molecule has 0 bridgehead atoms. The van der Waals surface area contributed by atoms with Gasteiger partial charge in [0.15, 0.2) is 6.61 Å². The molecule has 0 radical (unpaired) electrons. The number of rotatable bonds is 6. The Kier molecular flexibility index (Phi) is 7.38. The van der Waals surface area contributed by atoms with Gasteiger partial charge in [-0.3, -0.25) is 9.59 Å². The summed E-state index contributed by atoms with van der Waals surface area (Å²) in [5, 5.41) is 2.07. The number of ether oxygens (including phenoxy) is 1. The SMILES string of the molecule is O=C(COC(=O)C1CCN(S(=O)(=O)c2ccc(F)cc2)CC1)Nc1ccccc1C(F)(F)F. The zero-order valence-corrected chi connectivity index (χ0v) is 18.0. The summed E-state index contributed by atoms with van der Waals surface area (Å²) >= 11 is 0. The van der Waals surface area contributed by atoms with Crippen LogP contribution in [0.25, 0.3) is 0 Å². The third kappa shape index (κ3) is 6.08. The molecule has 33 heavy (non-hydrogen) atoms. The van der Waals surface area contributed by atoms with Gasteiger partial charge >= 0.3 is 12.1 Å². The third-order valence-electron chi connectivity index (χ3n) is 5.09. The van der Waals surface area contributed by atoms with Crippen LogP contribution in [0, 0.1) is 11.7 Å². The van der Waals surface area contributed by atoms with Crippen molar-refractivity contribution >= 4 is 27.6 Å². The molecule has 1 fully saturated rings. The van der Waals surface area contributed by atoms with Crippen molar-refractivity contribution in [2.75, 3.05) is 25.0 Å². The first-order valence-electron chi connectivity index (χ1n) is 9.87. The molecular formula is C21H20F4N2O5S. The highest BCUT2D eigenvalue weighted by molar-refractivity contribution is 7.89. The van der Waals surface area contributed by atoms with E-state index in [9.17, 15) is 35.6 Å². The van der Waals surface area contributed by atoms with Crippen molar-refractivity contribution in [2.24, 2.45) is 5.92 Å². The summed E-state index contributed by atoms with van der Waals surface area (Å²) in [6, 6.07) is 8.78. The topological polar surface area (TPSA) is 92.8 Å². The molecule has 0 atom stereocenters. The number of carbonyl (C=O) groups is 2. The Labute approximate surface area is 187 Å². The average Bonchev–Trinajstić information content (AvgIpc) is 2.77. The summed E-state index contributed by atoms with van der Waals surface area (Å²) < 4.78 is 83.4. The minimum absolute atomic E-state index is 0.0185. The van der Waals surface area contributed by atoms with E-state index in [-0.39, 0.29) is 30.8 Å². The predicted octanol–water partition coefficient (Wildman–Crippen LogP) is 3.43. The van der Waals surface area contributed by atoms with Crippen LogP contribution in [0.3, 0.4) is 0 Å². The molecule has 1 amide bonds. The van der Waals surface area contributed by atoms with Crippen molar-refractivity contribution in [1.82, 2.24) is 4.31 Å². The molecular weight excluding hydrogens is 468 g/mol. The molecule has 2 aromatic carbocycles. The maximum Gasteiger partial charge on any atom is 0.418 e. The molecule has 2 aromatic rings. The van der Waals surface area contributed by atoms with Gasteiger partial charge in [-0.25, -0.2) is 12.8 Å². The first kappa shape index (κ1) is 24.6. The van der Waals surface area contributed by atoms with Gasteiger partial charge in [0.1, 0.15) is 5.82 Å². The van der Waals surface area contributed by atoms with E-state index >= 15 is 0 Å². The molecule has 3 rings (SSSR count). The maximum atomic E-state index is 13.0. The normalized spacial score (nSPS) is 15.8. The molecule has 1 heterocycles. The molecule has 1 saturated heterocycles. The van der Waals surface area contributed by atoms with Crippen LogP contribution in [0.15, 0.2) is 53.4 Å². The number of halogens is 4. The average molecular weight is 488 g/mol. The second-order valence-electron chi connectivity index (χ2n) is 7.33. The minimum atomic E-state index is -4.66. The zero-order valence-electron chi connectivity index (χ0n) is 17.1. The largest absolute Gasteiger partial charge is 0.455 e. The van der Waals surface area contributed by atoms with Crippen molar-refractivity contribution < 1.29 is 40.3 Å². The van der Waals surface area contributed by atoms with E-state index in [0.29, 0.717) is 0 Å². The van der Waals surface area contributed by atoms with E-state index < -0.39 is 57.7 Å². The number of para-hydroxylation sites is 1. The first-order chi connectivity index (χ1) is 15.5. The monoisotopic (exact) mass is 488 g/mol. The van der Waals surface area contributed by atoms with Crippen LogP contribution in [0.5, 0.6) is 0 Å². The van der Waals surface area contributed by atoms with Gasteiger partial charge in [0.25, 0.3) is 5.91 Å². The first-order valence-corrected chi connectivity index (χ1v) is 11.3. The summed E-state index contributed by atoms with van der Waals surface area (Å²) in [7, 11) is -3.85. The van der Waals surface area contributed by atoms with Crippen molar-refractivity contribution in [2.45, 2.75) is 23.9 Å². The van der Waals surface area contributed by atoms with Crippen LogP contribution in [-0.2, 0) is 30.5 Å². The van der Waals surface area contributed by atoms with Gasteiger partial charge in [-0.2, -0.15) is 17.5 Å². The summed E-state index contributed by atoms with van der Waals surface area (Å²) in [6.07, 6.45) is -4.39. The number of benzene rings is 2. The highest BCUT2D eigenvalue weighted by atomic mass is 32.2. The quantitative estimate of drug-likeness (QED) is 0.497. The summed E-state index contributed by atoms with van der Waals surface area (Å²) in [5.41, 5.74) is -1.48. The lowest BCUT2D eigenvalue weighted by Crippen LogP contribution is -2.40. The highest BCUT2D eigenvalue weighted by Gasteiger charge is 2.34. The number of amides is 1. The van der Waals surface area contributed by atoms with Crippen LogP contribution in [0.2, 0.25) is 0 Å². The molecule has 12 heteroatoms. The van der Waals surface area contributed by atoms with Crippen molar-refractivity contribution in [3.05, 3.63) is 59.9 Å². The Balaban J connectivity index is 1.51. The zero-order chi connectivity index (χ0) is 24.2. The number of hydrogen-bond donors (Lipinski definition) is 1. The molecule has 1 aliphatic heterocycles. The fourth-order valence-corrected chi connectivity index (χ4v) is 4.84. The van der Waals surface area contributed by atoms with Gasteiger partial charge in [0, 0.05) is 13.1 Å². The van der Waals surface area contributed by atoms with Crippen LogP contribution in [-0.4, -0.2) is 44.3 Å². The third-order valence-corrected chi connectivity index (χ3v) is 7.00. The number of piperidine rings is 1. The molecule has 178 valence electrons. The molecule has 0 unspecified atom stereocenters. The second-order valence-corrected chi connectivity index (χ2v) is 9.27. The number of carbonyl (C=O) groups excluding carboxylic acids is 2. The number of esters is 1. The standard InChI is InChI=1S/C21H20F4N2O5S/c22-15-5-7-16(8-6-15)33(30,31)27-11-9-14(10-12-27)20(29)32-13-19(28)26-18-4-2-1-3-17(18)21(23,24)25/h1-8,14H,9-13H2,(H,26,28). The molecule has 1 N–H and O–H groups in total. The van der Waals surface area contributed by atoms with Crippen LogP contribution in [0.1, 0.15) is 18.4 Å². The number of nitrogens with zero attached hydrogens (tertiary/aromatic N) is 1. The van der Waals surface area contributed by atoms with Crippen LogP contribution in [0.4, 0.5) is 23.2 Å². The molecule has 7 nitrogen and oxygen atoms in total. The number of sulfonamides is 1. The number of alkyl halides is 3. The van der Waals surface area contributed by atoms with E-state index in [2.05, 4.69) is 5.32 Å². The highest BCUT2D eigenvalue weighted by Crippen LogP contribution is 2.34. The lowest BCUT2D eigenvalue weighted by atomic mass is 9.98. The van der Waals surface area contributed by atoms with E-state index in [4.69, 9.17) is 4.74 Å². The Bertz CT molecular complexity index is 1110. The molecule has 1 aliphatic rings. The van der Waals surface area contributed by atoms with Gasteiger partial charge in [-0.05, 0) is 49.2 Å². The van der Waals surface area contributed by atoms with E-state index in [1.807, 2.05) is 0 Å². The van der Waals surface area contributed by atoms with E-state index in [1.165, 1.54) is 16.4 Å². The molecule has 0 saturated carbocycles. The molecule has 0 aromatic heterocycles. The number of nitrogens with one attached hydrogen (secondary N) is 1. The van der Waals surface area contributed by atoms with Crippen molar-refractivity contribution in [3.8, 4) is 0 Å². The lowest BCUT2D eigenvalue weighted by molar-refractivity contribution is -0.152. The van der Waals surface area contributed by atoms with Crippen LogP contribution < -0.4 is 5.32 Å². The Morgan fingerprint density at radius 2 is 1.64 bits per heavy atom. The fourth-order valence-electron chi connectivity index (χ4n) is 3.37. The Morgan fingerprint density at radius 1 is 1.03 bits per heavy atom. The van der Waals surface area contributed by atoms with Crippen molar-refractivity contribution in [1.29, 1.82) is 0 Å². The number of hydrogen-bond acceptors (Lipinski definition) is 5. The molecule has 0 aliphatic carbocycles.